The highest BCUT2D eigenvalue weighted by Crippen LogP contribution is 2.44. The van der Waals surface area contributed by atoms with Gasteiger partial charge in [-0.1, -0.05) is 42.5 Å². The molecule has 0 heterocycles. The van der Waals surface area contributed by atoms with E-state index in [0.717, 1.165) is 0 Å². The van der Waals surface area contributed by atoms with E-state index in [9.17, 15) is 31.1 Å². The topological polar surface area (TPSA) is 43.1 Å². The number of hydrogen-bond acceptors (Lipinski definition) is 3. The Hall–Kier alpha value is -1.74. The molecule has 2 atom stereocenters. The second-order valence-electron chi connectivity index (χ2n) is 5.46. The highest BCUT2D eigenvalue weighted by molar-refractivity contribution is 8.00. The molecule has 0 saturated heterocycles. The summed E-state index contributed by atoms with van der Waals surface area (Å²) < 4.78 is 76.0. The molecule has 0 saturated carbocycles. The summed E-state index contributed by atoms with van der Waals surface area (Å²) in [4.78, 5) is 11.8. The van der Waals surface area contributed by atoms with Crippen LogP contribution in [-0.2, 0) is 10.3 Å². The van der Waals surface area contributed by atoms with E-state index >= 15 is 0 Å². The average Bonchev–Trinajstić information content (AvgIpc) is 2.44. The number of carbonyl (C=O) groups excluding carboxylic acids is 1. The number of Topliss-reactive ketones (excluding diaryl/α,β-unsaturated/α-hetero) is 1. The number of allylic oxidation sites excluding steroid dienone is 2. The number of hydrogen-bond donors (Lipinski definition) is 1. The van der Waals surface area contributed by atoms with Gasteiger partial charge < -0.3 is 5.73 Å². The van der Waals surface area contributed by atoms with Crippen molar-refractivity contribution in [1.82, 2.24) is 0 Å². The molecule has 2 N–H and O–H groups in total. The minimum atomic E-state index is -4.73. The minimum absolute atomic E-state index is 0.0570. The molecule has 2 unspecified atom stereocenters. The van der Waals surface area contributed by atoms with Crippen molar-refractivity contribution in [3.05, 3.63) is 54.1 Å². The van der Waals surface area contributed by atoms with Crippen LogP contribution in [0.25, 0.3) is 0 Å². The maximum absolute atomic E-state index is 12.8. The Labute approximate surface area is 143 Å². The molecule has 0 amide bonds. The summed E-state index contributed by atoms with van der Waals surface area (Å²) in [6.07, 6.45) is -1.25. The molecule has 0 aromatic heterocycles. The number of halogens is 6. The second-order valence-corrected chi connectivity index (χ2v) is 6.56. The van der Waals surface area contributed by atoms with E-state index in [-0.39, 0.29) is 10.5 Å². The normalized spacial score (nSPS) is 23.7. The highest BCUT2D eigenvalue weighted by atomic mass is 32.2. The van der Waals surface area contributed by atoms with Crippen molar-refractivity contribution < 1.29 is 31.1 Å². The highest BCUT2D eigenvalue weighted by Gasteiger charge is 2.44. The van der Waals surface area contributed by atoms with Crippen LogP contribution in [0.15, 0.2) is 53.5 Å². The third kappa shape index (κ3) is 4.88. The fraction of sp³-hybridized carbons (Fsp3) is 0.312. The number of benzene rings is 1. The number of thioether (sulfide) groups is 1. The summed E-state index contributed by atoms with van der Waals surface area (Å²) in [6, 6.07) is 5.22. The van der Waals surface area contributed by atoms with Gasteiger partial charge in [-0.2, -0.15) is 26.3 Å². The molecule has 0 bridgehead atoms. The molecule has 0 radical (unpaired) electrons. The summed E-state index contributed by atoms with van der Waals surface area (Å²) in [6.45, 7) is 0. The van der Waals surface area contributed by atoms with Gasteiger partial charge in [-0.3, -0.25) is 4.79 Å². The lowest BCUT2D eigenvalue weighted by atomic mass is 9.73. The van der Waals surface area contributed by atoms with Crippen molar-refractivity contribution in [2.24, 2.45) is 11.7 Å². The summed E-state index contributed by atoms with van der Waals surface area (Å²) in [5, 5.41) is 0. The quantitative estimate of drug-likeness (QED) is 0.607. The fourth-order valence-corrected chi connectivity index (χ4v) is 3.38. The third-order valence-electron chi connectivity index (χ3n) is 3.60. The van der Waals surface area contributed by atoms with Crippen LogP contribution in [0.5, 0.6) is 0 Å². The molecule has 25 heavy (non-hydrogen) atoms. The van der Waals surface area contributed by atoms with Crippen molar-refractivity contribution in [2.45, 2.75) is 28.5 Å². The molecule has 1 aromatic carbocycles. The van der Waals surface area contributed by atoms with Crippen LogP contribution in [0.2, 0.25) is 0 Å². The first-order chi connectivity index (χ1) is 11.4. The monoisotopic (exact) mass is 381 g/mol. The number of rotatable bonds is 4. The maximum atomic E-state index is 12.8. The van der Waals surface area contributed by atoms with Gasteiger partial charge in [0.2, 0.25) is 0 Å². The van der Waals surface area contributed by atoms with Gasteiger partial charge >= 0.3 is 11.7 Å². The lowest BCUT2D eigenvalue weighted by molar-refractivity contribution is -0.155. The summed E-state index contributed by atoms with van der Waals surface area (Å²) in [5.41, 5.74) is -0.305. The van der Waals surface area contributed by atoms with Gasteiger partial charge in [0.15, 0.2) is 5.78 Å². The van der Waals surface area contributed by atoms with E-state index in [0.29, 0.717) is 0 Å². The maximum Gasteiger partial charge on any atom is 0.446 e. The lowest BCUT2D eigenvalue weighted by Crippen LogP contribution is -2.47. The third-order valence-corrected chi connectivity index (χ3v) is 4.41. The SMILES string of the molecule is NC1(c2ccccc2SC(F)(F)F)C=CC=CC1C(=O)CC(F)(F)F. The van der Waals surface area contributed by atoms with E-state index in [2.05, 4.69) is 0 Å². The van der Waals surface area contributed by atoms with Crippen molar-refractivity contribution >= 4 is 17.5 Å². The van der Waals surface area contributed by atoms with Crippen molar-refractivity contribution in [3.63, 3.8) is 0 Å². The van der Waals surface area contributed by atoms with Crippen LogP contribution in [0.4, 0.5) is 26.3 Å². The number of alkyl halides is 6. The van der Waals surface area contributed by atoms with Gasteiger partial charge in [0.05, 0.1) is 11.5 Å². The van der Waals surface area contributed by atoms with E-state index in [4.69, 9.17) is 5.73 Å². The van der Waals surface area contributed by atoms with Gasteiger partial charge in [0, 0.05) is 4.90 Å². The van der Waals surface area contributed by atoms with Gasteiger partial charge in [-0.25, -0.2) is 0 Å². The van der Waals surface area contributed by atoms with Gasteiger partial charge in [0.1, 0.15) is 6.42 Å². The zero-order chi connectivity index (χ0) is 18.9. The van der Waals surface area contributed by atoms with Crippen molar-refractivity contribution in [1.29, 1.82) is 0 Å². The summed E-state index contributed by atoms with van der Waals surface area (Å²) in [5.74, 6) is -2.63. The van der Waals surface area contributed by atoms with Crippen LogP contribution >= 0.6 is 11.8 Å². The van der Waals surface area contributed by atoms with Gasteiger partial charge in [0.25, 0.3) is 0 Å². The predicted octanol–water partition coefficient (Wildman–Crippen LogP) is 4.72. The standard InChI is InChI=1S/C16H13F6NOS/c17-15(18,19)9-12(24)10-5-3-4-8-14(10,23)11-6-1-2-7-13(11)25-16(20,21)22/h1-8,10H,9,23H2. The second kappa shape index (κ2) is 6.87. The molecule has 136 valence electrons. The fourth-order valence-electron chi connectivity index (χ4n) is 2.63. The smallest absolute Gasteiger partial charge is 0.317 e. The minimum Gasteiger partial charge on any atom is -0.317 e. The summed E-state index contributed by atoms with van der Waals surface area (Å²) >= 11 is -0.425. The average molecular weight is 381 g/mol. The van der Waals surface area contributed by atoms with Crippen molar-refractivity contribution in [3.8, 4) is 0 Å². The first kappa shape index (κ1) is 19.6. The number of nitrogens with two attached hydrogens (primary N) is 1. The Morgan fingerprint density at radius 3 is 2.36 bits per heavy atom. The molecular weight excluding hydrogens is 368 g/mol. The largest absolute Gasteiger partial charge is 0.446 e. The Bertz CT molecular complexity index is 709. The Morgan fingerprint density at radius 1 is 1.12 bits per heavy atom. The summed E-state index contributed by atoms with van der Waals surface area (Å²) in [7, 11) is 0. The molecular formula is C16H13F6NOS. The lowest BCUT2D eigenvalue weighted by Gasteiger charge is -2.36. The van der Waals surface area contributed by atoms with Crippen LogP contribution in [0.1, 0.15) is 12.0 Å². The first-order valence-electron chi connectivity index (χ1n) is 7.02. The Kier molecular flexibility index (Phi) is 5.38. The molecule has 2 nitrogen and oxygen atoms in total. The first-order valence-corrected chi connectivity index (χ1v) is 7.84. The van der Waals surface area contributed by atoms with E-state index in [1.54, 1.807) is 0 Å². The van der Waals surface area contributed by atoms with Crippen LogP contribution < -0.4 is 5.73 Å². The number of carbonyl (C=O) groups is 1. The molecule has 0 aliphatic heterocycles. The van der Waals surface area contributed by atoms with Gasteiger partial charge in [-0.15, -0.1) is 0 Å². The Morgan fingerprint density at radius 2 is 1.76 bits per heavy atom. The number of ketones is 1. The van der Waals surface area contributed by atoms with E-state index < -0.39 is 47.1 Å². The van der Waals surface area contributed by atoms with E-state index in [1.807, 2.05) is 0 Å². The molecule has 0 fully saturated rings. The zero-order valence-electron chi connectivity index (χ0n) is 12.6. The zero-order valence-corrected chi connectivity index (χ0v) is 13.4. The molecule has 1 aliphatic rings. The molecule has 9 heteroatoms. The van der Waals surface area contributed by atoms with E-state index in [1.165, 1.54) is 48.6 Å². The van der Waals surface area contributed by atoms with Crippen LogP contribution in [0.3, 0.4) is 0 Å². The molecule has 0 spiro atoms. The van der Waals surface area contributed by atoms with Crippen LogP contribution in [0, 0.1) is 5.92 Å². The van der Waals surface area contributed by atoms with Gasteiger partial charge in [-0.05, 0) is 23.4 Å². The molecule has 1 aliphatic carbocycles. The molecule has 1 aromatic rings. The predicted molar refractivity (Wildman–Crippen MR) is 81.7 cm³/mol. The van der Waals surface area contributed by atoms with Crippen LogP contribution in [-0.4, -0.2) is 17.5 Å². The molecule has 2 rings (SSSR count). The Balaban J connectivity index is 2.46. The van der Waals surface area contributed by atoms with Crippen molar-refractivity contribution in [2.75, 3.05) is 0 Å².